The molecule has 0 spiro atoms. The molecule has 41 heavy (non-hydrogen) atoms. The van der Waals surface area contributed by atoms with Crippen LogP contribution in [0.4, 0.5) is 17.1 Å². The minimum atomic E-state index is 0. The number of fused-ring (bicyclic) bond motifs is 6. The molecule has 0 amide bonds. The van der Waals surface area contributed by atoms with Gasteiger partial charge in [0.1, 0.15) is 0 Å². The summed E-state index contributed by atoms with van der Waals surface area (Å²) in [6.07, 6.45) is 3.67. The fraction of sp³-hybridized carbons (Fsp3) is 0. The first-order chi connectivity index (χ1) is 19.8. The Morgan fingerprint density at radius 3 is 2.34 bits per heavy atom. The quantitative estimate of drug-likeness (QED) is 0.171. The van der Waals surface area contributed by atoms with Crippen molar-refractivity contribution in [3.05, 3.63) is 134 Å². The summed E-state index contributed by atoms with van der Waals surface area (Å²) in [6, 6.07) is 44.7. The summed E-state index contributed by atoms with van der Waals surface area (Å²) in [5.41, 5.74) is 10.7. The smallest absolute Gasteiger partial charge is 0.345 e. The molecule has 6 heteroatoms. The van der Waals surface area contributed by atoms with Crippen molar-refractivity contribution in [1.29, 1.82) is 0 Å². The molecule has 0 radical (unpaired) electrons. The Balaban J connectivity index is 0.00000276. The fourth-order valence-corrected chi connectivity index (χ4v) is 6.27. The minimum Gasteiger partial charge on any atom is -0.345 e. The maximum Gasteiger partial charge on any atom is 2.00 e. The summed E-state index contributed by atoms with van der Waals surface area (Å²) in [4.78, 5) is 16.6. The van der Waals surface area contributed by atoms with Crippen LogP contribution in [0.2, 0.25) is 0 Å². The van der Waals surface area contributed by atoms with E-state index in [1.165, 1.54) is 0 Å². The number of aromatic nitrogens is 3. The Kier molecular flexibility index (Phi) is 6.54. The molecule has 0 saturated heterocycles. The standard InChI is InChI=1S/C35H20N4S.Pt/c1-3-15-31-26(11-1)27-12-8-20-37-34(27)28-18-17-24(35-38-30-14-2-4-16-33(30)40-35)22-32(28)39(31)25-10-7-9-23(21-25)29-13-5-6-19-36-29;/h1-20H;/q-2;+2. The molecule has 0 saturated carbocycles. The van der Waals surface area contributed by atoms with Gasteiger partial charge in [0.05, 0.1) is 11.2 Å². The zero-order valence-electron chi connectivity index (χ0n) is 21.6. The maximum atomic E-state index is 4.93. The maximum absolute atomic E-state index is 4.93. The second-order valence-corrected chi connectivity index (χ2v) is 10.6. The van der Waals surface area contributed by atoms with E-state index in [1.807, 2.05) is 48.8 Å². The number of nitrogens with zero attached hydrogens (tertiary/aromatic N) is 4. The van der Waals surface area contributed by atoms with Crippen molar-refractivity contribution in [3.8, 4) is 44.2 Å². The Bertz CT molecular complexity index is 2000. The van der Waals surface area contributed by atoms with Crippen LogP contribution in [0, 0.1) is 12.1 Å². The van der Waals surface area contributed by atoms with Gasteiger partial charge < -0.3 is 9.88 Å². The number of rotatable bonds is 3. The van der Waals surface area contributed by atoms with Gasteiger partial charge in [-0.05, 0) is 47.4 Å². The SMILES string of the molecule is [Pt+2].[c-]1c(-c2ccccn2)cccc1N1c2[c-]c(-c3nc4ccccc4s3)ccc2-c2ncccc2-c2ccccc21. The molecule has 0 N–H and O–H groups in total. The van der Waals surface area contributed by atoms with Gasteiger partial charge in [-0.25, -0.2) is 0 Å². The average Bonchev–Trinajstić information content (AvgIpc) is 3.42. The third-order valence-corrected chi connectivity index (χ3v) is 8.20. The van der Waals surface area contributed by atoms with Gasteiger partial charge in [0, 0.05) is 38.9 Å². The van der Waals surface area contributed by atoms with Crippen LogP contribution in [0.3, 0.4) is 0 Å². The van der Waals surface area contributed by atoms with E-state index in [4.69, 9.17) is 9.97 Å². The molecular weight excluding hydrogens is 704 g/mol. The predicted molar refractivity (Wildman–Crippen MR) is 163 cm³/mol. The number of hydrogen-bond donors (Lipinski definition) is 0. The van der Waals surface area contributed by atoms with Crippen LogP contribution >= 0.6 is 11.3 Å². The van der Waals surface area contributed by atoms with E-state index in [9.17, 15) is 0 Å². The van der Waals surface area contributed by atoms with E-state index in [0.717, 1.165) is 71.5 Å². The van der Waals surface area contributed by atoms with E-state index < -0.39 is 0 Å². The van der Waals surface area contributed by atoms with Crippen LogP contribution in [0.25, 0.3) is 54.4 Å². The summed E-state index contributed by atoms with van der Waals surface area (Å²) in [6.45, 7) is 0. The number of benzene rings is 4. The molecule has 4 nitrogen and oxygen atoms in total. The van der Waals surface area contributed by atoms with Gasteiger partial charge in [-0.2, -0.15) is 11.3 Å². The number of thiazole rings is 1. The Morgan fingerprint density at radius 2 is 1.44 bits per heavy atom. The van der Waals surface area contributed by atoms with Crippen LogP contribution in [0.15, 0.2) is 122 Å². The van der Waals surface area contributed by atoms with Gasteiger partial charge >= 0.3 is 21.1 Å². The summed E-state index contributed by atoms with van der Waals surface area (Å²) in [7, 11) is 0. The Morgan fingerprint density at radius 1 is 0.610 bits per heavy atom. The zero-order valence-corrected chi connectivity index (χ0v) is 24.6. The van der Waals surface area contributed by atoms with Crippen molar-refractivity contribution in [1.82, 2.24) is 15.0 Å². The minimum absolute atomic E-state index is 0. The molecule has 8 rings (SSSR count). The molecule has 7 aromatic rings. The molecule has 1 aliphatic rings. The molecule has 0 bridgehead atoms. The third kappa shape index (κ3) is 4.39. The summed E-state index contributed by atoms with van der Waals surface area (Å²) in [5.74, 6) is 0. The second kappa shape index (κ2) is 10.5. The number of pyridine rings is 2. The first-order valence-electron chi connectivity index (χ1n) is 13.0. The Hall–Kier alpha value is -4.44. The van der Waals surface area contributed by atoms with Gasteiger partial charge in [0.2, 0.25) is 0 Å². The molecular formula is C35H20N4PtS. The van der Waals surface area contributed by atoms with Gasteiger partial charge in [-0.3, -0.25) is 9.97 Å². The average molecular weight is 724 g/mol. The van der Waals surface area contributed by atoms with Crippen molar-refractivity contribution in [3.63, 3.8) is 0 Å². The molecule has 0 aliphatic carbocycles. The molecule has 4 heterocycles. The van der Waals surface area contributed by atoms with E-state index in [2.05, 4.69) is 94.8 Å². The molecule has 0 unspecified atom stereocenters. The third-order valence-electron chi connectivity index (χ3n) is 7.13. The molecule has 0 fully saturated rings. The van der Waals surface area contributed by atoms with Gasteiger partial charge in [0.15, 0.2) is 0 Å². The number of hydrogen-bond acceptors (Lipinski definition) is 5. The van der Waals surface area contributed by atoms with Crippen LogP contribution in [0.1, 0.15) is 0 Å². The molecule has 196 valence electrons. The summed E-state index contributed by atoms with van der Waals surface area (Å²) < 4.78 is 1.16. The van der Waals surface area contributed by atoms with Crippen LogP contribution < -0.4 is 4.90 Å². The van der Waals surface area contributed by atoms with Crippen molar-refractivity contribution >= 4 is 38.6 Å². The fourth-order valence-electron chi connectivity index (χ4n) is 5.32. The predicted octanol–water partition coefficient (Wildman–Crippen LogP) is 9.14. The van der Waals surface area contributed by atoms with Crippen molar-refractivity contribution in [2.45, 2.75) is 0 Å². The Labute approximate surface area is 256 Å². The first kappa shape index (κ1) is 25.5. The van der Waals surface area contributed by atoms with E-state index in [1.54, 1.807) is 11.3 Å². The zero-order chi connectivity index (χ0) is 26.5. The second-order valence-electron chi connectivity index (χ2n) is 9.54. The van der Waals surface area contributed by atoms with Crippen molar-refractivity contribution in [2.24, 2.45) is 0 Å². The largest absolute Gasteiger partial charge is 2.00 e. The summed E-state index contributed by atoms with van der Waals surface area (Å²) >= 11 is 1.68. The van der Waals surface area contributed by atoms with E-state index in [-0.39, 0.29) is 21.1 Å². The summed E-state index contributed by atoms with van der Waals surface area (Å²) in [5, 5.41) is 0.939. The van der Waals surface area contributed by atoms with Crippen LogP contribution in [-0.4, -0.2) is 15.0 Å². The molecule has 1 aliphatic heterocycles. The topological polar surface area (TPSA) is 41.9 Å². The van der Waals surface area contributed by atoms with Gasteiger partial charge in [0.25, 0.3) is 0 Å². The first-order valence-corrected chi connectivity index (χ1v) is 13.9. The van der Waals surface area contributed by atoms with Crippen molar-refractivity contribution in [2.75, 3.05) is 4.90 Å². The van der Waals surface area contributed by atoms with Crippen molar-refractivity contribution < 1.29 is 21.1 Å². The van der Waals surface area contributed by atoms with Crippen LogP contribution in [-0.2, 0) is 21.1 Å². The van der Waals surface area contributed by atoms with Crippen LogP contribution in [0.5, 0.6) is 0 Å². The molecule has 3 aromatic heterocycles. The number of para-hydroxylation sites is 2. The van der Waals surface area contributed by atoms with Gasteiger partial charge in [-0.1, -0.05) is 54.1 Å². The van der Waals surface area contributed by atoms with E-state index in [0.29, 0.717) is 0 Å². The molecule has 0 atom stereocenters. The molecule has 4 aromatic carbocycles. The monoisotopic (exact) mass is 723 g/mol. The normalized spacial score (nSPS) is 11.7. The van der Waals surface area contributed by atoms with E-state index >= 15 is 0 Å². The number of anilines is 3. The van der Waals surface area contributed by atoms with Gasteiger partial charge in [-0.15, -0.1) is 53.6 Å².